The molecule has 4 aromatic rings. The van der Waals surface area contributed by atoms with Crippen molar-refractivity contribution in [1.29, 1.82) is 0 Å². The highest BCUT2D eigenvalue weighted by Gasteiger charge is 2.23. The summed E-state index contributed by atoms with van der Waals surface area (Å²) in [7, 11) is 0. The van der Waals surface area contributed by atoms with Crippen molar-refractivity contribution in [1.82, 2.24) is 20.0 Å². The van der Waals surface area contributed by atoms with E-state index < -0.39 is 5.82 Å². The smallest absolute Gasteiger partial charge is 0.276 e. The molecule has 184 valence electrons. The summed E-state index contributed by atoms with van der Waals surface area (Å²) in [4.78, 5) is 10.7. The molecule has 0 spiro atoms. The van der Waals surface area contributed by atoms with Crippen LogP contribution in [-0.2, 0) is 6.54 Å². The van der Waals surface area contributed by atoms with Crippen LogP contribution in [0.1, 0.15) is 23.4 Å². The van der Waals surface area contributed by atoms with Crippen LogP contribution in [0.15, 0.2) is 77.6 Å². The molecule has 9 nitrogen and oxygen atoms in total. The van der Waals surface area contributed by atoms with Gasteiger partial charge in [-0.25, -0.2) is 10.2 Å². The molecule has 0 amide bonds. The van der Waals surface area contributed by atoms with E-state index in [1.807, 2.05) is 24.3 Å². The summed E-state index contributed by atoms with van der Waals surface area (Å²) in [5, 5.41) is 15.0. The molecular formula is C26H26FN7O2. The van der Waals surface area contributed by atoms with Crippen LogP contribution >= 0.6 is 0 Å². The number of likely N-dealkylation sites (tertiary alicyclic amines) is 1. The zero-order valence-corrected chi connectivity index (χ0v) is 19.5. The number of pyridine rings is 1. The van der Waals surface area contributed by atoms with Crippen molar-refractivity contribution in [3.63, 3.8) is 0 Å². The average Bonchev–Trinajstić information content (AvgIpc) is 3.55. The normalized spacial score (nSPS) is 16.7. The molecule has 1 aliphatic heterocycles. The maximum absolute atomic E-state index is 14.5. The predicted molar refractivity (Wildman–Crippen MR) is 134 cm³/mol. The van der Waals surface area contributed by atoms with Crippen molar-refractivity contribution < 1.29 is 14.0 Å². The second kappa shape index (κ2) is 10.2. The van der Waals surface area contributed by atoms with E-state index in [0.717, 1.165) is 35.6 Å². The Morgan fingerprint density at radius 1 is 1.11 bits per heavy atom. The summed E-state index contributed by atoms with van der Waals surface area (Å²) in [6.45, 7) is 2.34. The van der Waals surface area contributed by atoms with Crippen LogP contribution in [-0.4, -0.2) is 44.3 Å². The fraction of sp³-hybridized carbons (Fsp3) is 0.192. The van der Waals surface area contributed by atoms with Crippen molar-refractivity contribution in [3.8, 4) is 11.4 Å². The Bertz CT molecular complexity index is 1360. The van der Waals surface area contributed by atoms with Crippen LogP contribution in [0.25, 0.3) is 22.8 Å². The third-order valence-corrected chi connectivity index (χ3v) is 6.08. The Kier molecular flexibility index (Phi) is 6.72. The fourth-order valence-corrected chi connectivity index (χ4v) is 4.23. The van der Waals surface area contributed by atoms with E-state index in [2.05, 4.69) is 20.0 Å². The van der Waals surface area contributed by atoms with Gasteiger partial charge in [-0.2, -0.15) is 4.98 Å². The highest BCUT2D eigenvalue weighted by Crippen LogP contribution is 2.30. The molecule has 1 atom stereocenters. The van der Waals surface area contributed by atoms with Gasteiger partial charge in [0, 0.05) is 43.2 Å². The third-order valence-electron chi connectivity index (χ3n) is 6.08. The van der Waals surface area contributed by atoms with Gasteiger partial charge in [0.25, 0.3) is 5.89 Å². The molecule has 0 aliphatic carbocycles. The van der Waals surface area contributed by atoms with Crippen LogP contribution in [0, 0.1) is 5.82 Å². The summed E-state index contributed by atoms with van der Waals surface area (Å²) < 4.78 is 20.0. The van der Waals surface area contributed by atoms with Crippen LogP contribution in [0.5, 0.6) is 0 Å². The summed E-state index contributed by atoms with van der Waals surface area (Å²) in [5.41, 5.74) is 9.47. The molecule has 5 rings (SSSR count). The zero-order valence-electron chi connectivity index (χ0n) is 19.5. The van der Waals surface area contributed by atoms with Crippen molar-refractivity contribution in [2.45, 2.75) is 19.1 Å². The fourth-order valence-electron chi connectivity index (χ4n) is 4.23. The quantitative estimate of drug-likeness (QED) is 0.266. The van der Waals surface area contributed by atoms with Gasteiger partial charge in [0.05, 0.1) is 17.5 Å². The summed E-state index contributed by atoms with van der Waals surface area (Å²) in [5.74, 6) is 6.26. The average molecular weight is 488 g/mol. The highest BCUT2D eigenvalue weighted by molar-refractivity contribution is 5.93. The highest BCUT2D eigenvalue weighted by atomic mass is 19.1. The zero-order chi connectivity index (χ0) is 25.1. The van der Waals surface area contributed by atoms with Gasteiger partial charge in [-0.1, -0.05) is 41.6 Å². The first kappa shape index (κ1) is 23.6. The SMILES string of the molecule is N/C(=C(/c1ccncc1)N(N)c1ccccc1F)c1nc(-c2ccc(CN3CCC(O)C3)cc2)no1. The maximum atomic E-state index is 14.5. The molecule has 3 heterocycles. The molecular weight excluding hydrogens is 461 g/mol. The lowest BCUT2D eigenvalue weighted by Crippen LogP contribution is -2.32. The number of aliphatic hydroxyl groups is 1. The summed E-state index contributed by atoms with van der Waals surface area (Å²) in [6.07, 6.45) is 3.72. The molecule has 0 bridgehead atoms. The molecule has 1 saturated heterocycles. The number of anilines is 1. The van der Waals surface area contributed by atoms with E-state index in [1.165, 1.54) is 6.07 Å². The Balaban J connectivity index is 1.44. The molecule has 1 unspecified atom stereocenters. The Morgan fingerprint density at radius 3 is 2.56 bits per heavy atom. The van der Waals surface area contributed by atoms with Crippen molar-refractivity contribution >= 4 is 17.1 Å². The third kappa shape index (κ3) is 4.96. The molecule has 2 aromatic carbocycles. The first-order chi connectivity index (χ1) is 17.5. The number of aliphatic hydroxyl groups excluding tert-OH is 1. The van der Waals surface area contributed by atoms with E-state index >= 15 is 0 Å². The van der Waals surface area contributed by atoms with Crippen LogP contribution < -0.4 is 16.6 Å². The van der Waals surface area contributed by atoms with Gasteiger partial charge in [-0.3, -0.25) is 14.9 Å². The number of hydrogen-bond acceptors (Lipinski definition) is 9. The van der Waals surface area contributed by atoms with Crippen molar-refractivity contribution in [3.05, 3.63) is 95.9 Å². The van der Waals surface area contributed by atoms with Crippen LogP contribution in [0.4, 0.5) is 10.1 Å². The number of nitrogens with two attached hydrogens (primary N) is 2. The van der Waals surface area contributed by atoms with Gasteiger partial charge in [0.1, 0.15) is 11.5 Å². The number of hydrogen-bond donors (Lipinski definition) is 3. The Labute approximate surface area is 207 Å². The first-order valence-electron chi connectivity index (χ1n) is 11.5. The maximum Gasteiger partial charge on any atom is 0.276 e. The molecule has 0 saturated carbocycles. The van der Waals surface area contributed by atoms with E-state index in [-0.39, 0.29) is 23.4 Å². The van der Waals surface area contributed by atoms with E-state index in [0.29, 0.717) is 23.6 Å². The number of benzene rings is 2. The monoisotopic (exact) mass is 487 g/mol. The largest absolute Gasteiger partial charge is 0.392 e. The number of halogens is 1. The lowest BCUT2D eigenvalue weighted by Gasteiger charge is -2.23. The van der Waals surface area contributed by atoms with Gasteiger partial charge < -0.3 is 15.4 Å². The van der Waals surface area contributed by atoms with Gasteiger partial charge in [-0.05, 0) is 36.2 Å². The number of nitrogens with zero attached hydrogens (tertiary/aromatic N) is 5. The van der Waals surface area contributed by atoms with E-state index in [1.54, 1.807) is 42.7 Å². The Morgan fingerprint density at radius 2 is 1.86 bits per heavy atom. The van der Waals surface area contributed by atoms with Gasteiger partial charge in [0.15, 0.2) is 0 Å². The second-order valence-electron chi connectivity index (χ2n) is 8.62. The number of rotatable bonds is 7. The number of aromatic nitrogens is 3. The molecule has 1 fully saturated rings. The van der Waals surface area contributed by atoms with Gasteiger partial charge >= 0.3 is 0 Å². The number of β-amino-alcohol motifs (C(OH)–C–C–N with tert-alkyl or cyclic N) is 1. The van der Waals surface area contributed by atoms with Crippen LogP contribution in [0.2, 0.25) is 0 Å². The molecule has 5 N–H and O–H groups in total. The van der Waals surface area contributed by atoms with E-state index in [9.17, 15) is 9.50 Å². The van der Waals surface area contributed by atoms with Gasteiger partial charge in [-0.15, -0.1) is 0 Å². The summed E-state index contributed by atoms with van der Waals surface area (Å²) >= 11 is 0. The molecule has 36 heavy (non-hydrogen) atoms. The standard InChI is InChI=1S/C26H26FN7O2/c27-21-3-1-2-4-22(21)34(29)24(18-9-12-30-13-10-18)23(28)26-31-25(32-36-26)19-7-5-17(6-8-19)15-33-14-11-20(35)16-33/h1-10,12-13,20,35H,11,14-16,28-29H2/b24-23-. The number of para-hydroxylation sites is 1. The van der Waals surface area contributed by atoms with Crippen molar-refractivity contribution in [2.24, 2.45) is 11.6 Å². The molecule has 0 radical (unpaired) electrons. The molecule has 2 aromatic heterocycles. The second-order valence-corrected chi connectivity index (χ2v) is 8.62. The molecule has 1 aliphatic rings. The lowest BCUT2D eigenvalue weighted by molar-refractivity contribution is 0.175. The van der Waals surface area contributed by atoms with E-state index in [4.69, 9.17) is 16.1 Å². The summed E-state index contributed by atoms with van der Waals surface area (Å²) in [6, 6.07) is 17.4. The Hall–Kier alpha value is -4.12. The minimum Gasteiger partial charge on any atom is -0.392 e. The molecule has 10 heteroatoms. The first-order valence-corrected chi connectivity index (χ1v) is 11.5. The minimum atomic E-state index is -0.505. The van der Waals surface area contributed by atoms with Crippen molar-refractivity contribution in [2.75, 3.05) is 18.1 Å². The van der Waals surface area contributed by atoms with Crippen LogP contribution in [0.3, 0.4) is 0 Å². The van der Waals surface area contributed by atoms with Gasteiger partial charge in [0.2, 0.25) is 5.82 Å². The topological polar surface area (TPSA) is 131 Å². The minimum absolute atomic E-state index is 0.0544. The lowest BCUT2D eigenvalue weighted by atomic mass is 10.1. The predicted octanol–water partition coefficient (Wildman–Crippen LogP) is 3.00. The number of hydrazine groups is 1.